The number of anilines is 1. The van der Waals surface area contributed by atoms with Crippen molar-refractivity contribution in [3.63, 3.8) is 0 Å². The molecule has 20 heavy (non-hydrogen) atoms. The molecular weight excluding hydrogens is 276 g/mol. The van der Waals surface area contributed by atoms with E-state index in [1.165, 1.54) is 0 Å². The van der Waals surface area contributed by atoms with Gasteiger partial charge in [0.2, 0.25) is 5.91 Å². The number of ether oxygens (including phenoxy) is 1. The van der Waals surface area contributed by atoms with Crippen LogP contribution in [0.4, 0.5) is 5.69 Å². The summed E-state index contributed by atoms with van der Waals surface area (Å²) in [5, 5.41) is 0. The summed E-state index contributed by atoms with van der Waals surface area (Å²) >= 11 is 5.63. The number of rotatable bonds is 5. The Kier molecular flexibility index (Phi) is 5.53. The molecule has 0 bridgehead atoms. The SMILES string of the molecule is COc1cccc(N2CCN(C(=O)CCCCl)CC2)c1. The molecule has 1 fully saturated rings. The maximum atomic E-state index is 11.9. The van der Waals surface area contributed by atoms with Gasteiger partial charge in [0.1, 0.15) is 5.75 Å². The smallest absolute Gasteiger partial charge is 0.222 e. The first-order valence-electron chi connectivity index (χ1n) is 6.97. The van der Waals surface area contributed by atoms with E-state index in [0.717, 1.165) is 44.0 Å². The predicted molar refractivity (Wildman–Crippen MR) is 81.7 cm³/mol. The van der Waals surface area contributed by atoms with Crippen molar-refractivity contribution >= 4 is 23.2 Å². The molecule has 1 aliphatic rings. The van der Waals surface area contributed by atoms with Crippen molar-refractivity contribution < 1.29 is 9.53 Å². The minimum Gasteiger partial charge on any atom is -0.497 e. The third kappa shape index (κ3) is 3.79. The van der Waals surface area contributed by atoms with E-state index < -0.39 is 0 Å². The Bertz CT molecular complexity index is 445. The van der Waals surface area contributed by atoms with E-state index in [1.54, 1.807) is 7.11 Å². The Hall–Kier alpha value is -1.42. The lowest BCUT2D eigenvalue weighted by molar-refractivity contribution is -0.131. The lowest BCUT2D eigenvalue weighted by Crippen LogP contribution is -2.48. The van der Waals surface area contributed by atoms with Gasteiger partial charge in [-0.3, -0.25) is 4.79 Å². The van der Waals surface area contributed by atoms with Crippen LogP contribution in [0.2, 0.25) is 0 Å². The topological polar surface area (TPSA) is 32.8 Å². The molecule has 110 valence electrons. The van der Waals surface area contributed by atoms with Gasteiger partial charge in [-0.25, -0.2) is 0 Å². The zero-order valence-electron chi connectivity index (χ0n) is 11.8. The summed E-state index contributed by atoms with van der Waals surface area (Å²) in [4.78, 5) is 16.1. The Morgan fingerprint density at radius 1 is 1.30 bits per heavy atom. The second-order valence-electron chi connectivity index (χ2n) is 4.86. The third-order valence-corrected chi connectivity index (χ3v) is 3.84. The number of nitrogens with zero attached hydrogens (tertiary/aromatic N) is 2. The highest BCUT2D eigenvalue weighted by molar-refractivity contribution is 6.17. The molecular formula is C15H21ClN2O2. The Morgan fingerprint density at radius 2 is 2.05 bits per heavy atom. The predicted octanol–water partition coefficient (Wildman–Crippen LogP) is 2.36. The number of carbonyl (C=O) groups is 1. The second-order valence-corrected chi connectivity index (χ2v) is 5.24. The van der Waals surface area contributed by atoms with Gasteiger partial charge in [0.25, 0.3) is 0 Å². The molecule has 0 radical (unpaired) electrons. The summed E-state index contributed by atoms with van der Waals surface area (Å²) in [5.41, 5.74) is 1.15. The van der Waals surface area contributed by atoms with Crippen LogP contribution in [0.25, 0.3) is 0 Å². The summed E-state index contributed by atoms with van der Waals surface area (Å²) in [6.45, 7) is 3.27. The van der Waals surface area contributed by atoms with Crippen LogP contribution in [0.5, 0.6) is 5.75 Å². The van der Waals surface area contributed by atoms with E-state index in [0.29, 0.717) is 12.3 Å². The molecule has 0 unspecified atom stereocenters. The van der Waals surface area contributed by atoms with Gasteiger partial charge in [0.15, 0.2) is 0 Å². The van der Waals surface area contributed by atoms with Gasteiger partial charge in [0.05, 0.1) is 7.11 Å². The van der Waals surface area contributed by atoms with Crippen molar-refractivity contribution in [3.8, 4) is 5.75 Å². The maximum Gasteiger partial charge on any atom is 0.222 e. The van der Waals surface area contributed by atoms with E-state index in [9.17, 15) is 4.79 Å². The van der Waals surface area contributed by atoms with Gasteiger partial charge < -0.3 is 14.5 Å². The molecule has 5 heteroatoms. The fourth-order valence-electron chi connectivity index (χ4n) is 2.40. The van der Waals surface area contributed by atoms with Gasteiger partial charge in [-0.2, -0.15) is 0 Å². The maximum absolute atomic E-state index is 11.9. The van der Waals surface area contributed by atoms with Crippen molar-refractivity contribution in [1.82, 2.24) is 4.90 Å². The molecule has 0 aliphatic carbocycles. The molecule has 4 nitrogen and oxygen atoms in total. The Balaban J connectivity index is 1.88. The number of benzene rings is 1. The molecule has 1 saturated heterocycles. The van der Waals surface area contributed by atoms with E-state index in [2.05, 4.69) is 11.0 Å². The van der Waals surface area contributed by atoms with E-state index in [4.69, 9.17) is 16.3 Å². The fraction of sp³-hybridized carbons (Fsp3) is 0.533. The van der Waals surface area contributed by atoms with Crippen LogP contribution < -0.4 is 9.64 Å². The number of alkyl halides is 1. The minimum atomic E-state index is 0.218. The normalized spacial score (nSPS) is 15.3. The molecule has 1 heterocycles. The summed E-state index contributed by atoms with van der Waals surface area (Å²) in [7, 11) is 1.67. The van der Waals surface area contributed by atoms with Crippen LogP contribution in [-0.4, -0.2) is 50.0 Å². The van der Waals surface area contributed by atoms with Crippen LogP contribution in [-0.2, 0) is 4.79 Å². The van der Waals surface area contributed by atoms with Crippen molar-refractivity contribution in [2.24, 2.45) is 0 Å². The quantitative estimate of drug-likeness (QED) is 0.782. The highest BCUT2D eigenvalue weighted by Gasteiger charge is 2.20. The largest absolute Gasteiger partial charge is 0.497 e. The Morgan fingerprint density at radius 3 is 2.70 bits per heavy atom. The van der Waals surface area contributed by atoms with Crippen LogP contribution in [0.15, 0.2) is 24.3 Å². The van der Waals surface area contributed by atoms with Crippen LogP contribution in [0.1, 0.15) is 12.8 Å². The second kappa shape index (κ2) is 7.39. The van der Waals surface area contributed by atoms with Gasteiger partial charge in [-0.15, -0.1) is 11.6 Å². The zero-order chi connectivity index (χ0) is 14.4. The van der Waals surface area contributed by atoms with Gasteiger partial charge in [-0.1, -0.05) is 6.07 Å². The number of carbonyl (C=O) groups excluding carboxylic acids is 1. The molecule has 1 aliphatic heterocycles. The van der Waals surface area contributed by atoms with Crippen molar-refractivity contribution in [1.29, 1.82) is 0 Å². The average Bonchev–Trinajstić information content (AvgIpc) is 2.52. The summed E-state index contributed by atoms with van der Waals surface area (Å²) < 4.78 is 5.25. The van der Waals surface area contributed by atoms with Crippen LogP contribution in [0.3, 0.4) is 0 Å². The first-order chi connectivity index (χ1) is 9.74. The number of hydrogen-bond donors (Lipinski definition) is 0. The number of amides is 1. The summed E-state index contributed by atoms with van der Waals surface area (Å²) in [6.07, 6.45) is 1.32. The van der Waals surface area contributed by atoms with E-state index in [1.807, 2.05) is 23.1 Å². The molecule has 0 spiro atoms. The third-order valence-electron chi connectivity index (χ3n) is 3.58. The standard InChI is InChI=1S/C15H21ClN2O2/c1-20-14-5-2-4-13(12-14)17-8-10-18(11-9-17)15(19)6-3-7-16/h2,4-5,12H,3,6-11H2,1H3. The molecule has 0 N–H and O–H groups in total. The Labute approximate surface area is 125 Å². The molecule has 1 aromatic rings. The van der Waals surface area contributed by atoms with Crippen LogP contribution in [0, 0.1) is 0 Å². The monoisotopic (exact) mass is 296 g/mol. The first kappa shape index (κ1) is 15.0. The first-order valence-corrected chi connectivity index (χ1v) is 7.51. The number of methoxy groups -OCH3 is 1. The van der Waals surface area contributed by atoms with E-state index >= 15 is 0 Å². The van der Waals surface area contributed by atoms with Crippen molar-refractivity contribution in [2.45, 2.75) is 12.8 Å². The average molecular weight is 297 g/mol. The minimum absolute atomic E-state index is 0.218. The summed E-state index contributed by atoms with van der Waals surface area (Å²) in [5.74, 6) is 1.63. The number of piperazine rings is 1. The van der Waals surface area contributed by atoms with Gasteiger partial charge >= 0.3 is 0 Å². The number of hydrogen-bond acceptors (Lipinski definition) is 3. The highest BCUT2D eigenvalue weighted by Crippen LogP contribution is 2.22. The molecule has 0 saturated carbocycles. The zero-order valence-corrected chi connectivity index (χ0v) is 12.6. The lowest BCUT2D eigenvalue weighted by Gasteiger charge is -2.36. The van der Waals surface area contributed by atoms with Crippen LogP contribution >= 0.6 is 11.6 Å². The molecule has 2 rings (SSSR count). The van der Waals surface area contributed by atoms with Crippen molar-refractivity contribution in [3.05, 3.63) is 24.3 Å². The van der Waals surface area contributed by atoms with Gasteiger partial charge in [-0.05, 0) is 18.6 Å². The lowest BCUT2D eigenvalue weighted by atomic mass is 10.2. The van der Waals surface area contributed by atoms with Crippen molar-refractivity contribution in [2.75, 3.05) is 44.1 Å². The molecule has 1 aromatic carbocycles. The molecule has 1 amide bonds. The van der Waals surface area contributed by atoms with Gasteiger partial charge in [0, 0.05) is 50.2 Å². The fourth-order valence-corrected chi connectivity index (χ4v) is 2.53. The summed E-state index contributed by atoms with van der Waals surface area (Å²) in [6, 6.07) is 8.04. The van der Waals surface area contributed by atoms with E-state index in [-0.39, 0.29) is 5.91 Å². The molecule has 0 aromatic heterocycles. The molecule has 0 atom stereocenters. The number of halogens is 1. The highest BCUT2D eigenvalue weighted by atomic mass is 35.5.